The standard InChI is InChI=1S/C21H20ClN5O4S/c1-10-8-11(2)27(26-10)15-7-6-13(22)18(24-15)21(30)31-9-16(28)25-20-17(19(23)29)12-4-3-5-14(12)32-20/h6-8H,3-5,9H2,1-2H3,(H2,23,29)(H,25,28). The first kappa shape index (κ1) is 22.0. The molecule has 0 saturated carbocycles. The van der Waals surface area contributed by atoms with Gasteiger partial charge in [0, 0.05) is 10.6 Å². The maximum atomic E-state index is 12.5. The highest BCUT2D eigenvalue weighted by Gasteiger charge is 2.26. The van der Waals surface area contributed by atoms with Crippen molar-refractivity contribution >= 4 is 45.7 Å². The van der Waals surface area contributed by atoms with Crippen LogP contribution in [-0.4, -0.2) is 39.2 Å². The highest BCUT2D eigenvalue weighted by atomic mass is 35.5. The molecule has 0 spiro atoms. The van der Waals surface area contributed by atoms with Crippen LogP contribution >= 0.6 is 22.9 Å². The molecule has 1 aliphatic carbocycles. The van der Waals surface area contributed by atoms with Crippen molar-refractivity contribution < 1.29 is 19.1 Å². The van der Waals surface area contributed by atoms with Crippen molar-refractivity contribution in [1.29, 1.82) is 0 Å². The monoisotopic (exact) mass is 473 g/mol. The lowest BCUT2D eigenvalue weighted by atomic mass is 10.1. The van der Waals surface area contributed by atoms with Crippen molar-refractivity contribution in [3.63, 3.8) is 0 Å². The van der Waals surface area contributed by atoms with E-state index in [0.717, 1.165) is 41.1 Å². The Balaban J connectivity index is 1.45. The van der Waals surface area contributed by atoms with E-state index in [1.54, 1.807) is 10.7 Å². The molecule has 0 bridgehead atoms. The summed E-state index contributed by atoms with van der Waals surface area (Å²) in [4.78, 5) is 42.1. The van der Waals surface area contributed by atoms with E-state index in [1.807, 2.05) is 19.9 Å². The molecule has 0 atom stereocenters. The number of carbonyl (C=O) groups is 3. The number of anilines is 1. The van der Waals surface area contributed by atoms with E-state index in [9.17, 15) is 14.4 Å². The van der Waals surface area contributed by atoms with Crippen LogP contribution in [0.25, 0.3) is 5.82 Å². The summed E-state index contributed by atoms with van der Waals surface area (Å²) >= 11 is 7.45. The van der Waals surface area contributed by atoms with E-state index in [1.165, 1.54) is 17.4 Å². The molecule has 3 N–H and O–H groups in total. The van der Waals surface area contributed by atoms with Gasteiger partial charge in [0.05, 0.1) is 16.3 Å². The first-order valence-electron chi connectivity index (χ1n) is 9.86. The second-order valence-corrected chi connectivity index (χ2v) is 8.90. The van der Waals surface area contributed by atoms with Crippen LogP contribution in [0.2, 0.25) is 5.02 Å². The molecule has 2 amide bonds. The number of nitrogens with one attached hydrogen (secondary N) is 1. The number of nitrogens with two attached hydrogens (primary N) is 1. The number of carbonyl (C=O) groups excluding carboxylic acids is 3. The molecule has 11 heteroatoms. The molecule has 0 aliphatic heterocycles. The normalized spacial score (nSPS) is 12.5. The van der Waals surface area contributed by atoms with Gasteiger partial charge < -0.3 is 15.8 Å². The molecule has 3 aromatic rings. The summed E-state index contributed by atoms with van der Waals surface area (Å²) < 4.78 is 6.69. The SMILES string of the molecule is Cc1cc(C)n(-c2ccc(Cl)c(C(=O)OCC(=O)Nc3sc4c(c3C(N)=O)CCC4)n2)n1. The maximum absolute atomic E-state index is 12.5. The molecule has 3 aromatic heterocycles. The molecule has 32 heavy (non-hydrogen) atoms. The Morgan fingerprint density at radius 2 is 2.06 bits per heavy atom. The van der Waals surface area contributed by atoms with E-state index < -0.39 is 24.4 Å². The smallest absolute Gasteiger partial charge is 0.359 e. The highest BCUT2D eigenvalue weighted by Crippen LogP contribution is 2.38. The Morgan fingerprint density at radius 3 is 2.75 bits per heavy atom. The van der Waals surface area contributed by atoms with Crippen molar-refractivity contribution in [1.82, 2.24) is 14.8 Å². The minimum atomic E-state index is -0.850. The predicted molar refractivity (Wildman–Crippen MR) is 120 cm³/mol. The molecular formula is C21H20ClN5O4S. The van der Waals surface area contributed by atoms with Crippen molar-refractivity contribution in [3.05, 3.63) is 56.3 Å². The highest BCUT2D eigenvalue weighted by molar-refractivity contribution is 7.17. The second kappa shape index (κ2) is 8.71. The number of nitrogens with zero attached hydrogens (tertiary/aromatic N) is 3. The zero-order valence-electron chi connectivity index (χ0n) is 17.4. The van der Waals surface area contributed by atoms with Gasteiger partial charge in [-0.25, -0.2) is 14.5 Å². The van der Waals surface area contributed by atoms with Gasteiger partial charge in [0.2, 0.25) is 0 Å². The summed E-state index contributed by atoms with van der Waals surface area (Å²) in [5.41, 5.74) is 8.24. The van der Waals surface area contributed by atoms with Crippen LogP contribution in [0.15, 0.2) is 18.2 Å². The van der Waals surface area contributed by atoms with Crippen LogP contribution in [0.1, 0.15) is 49.1 Å². The first-order chi connectivity index (χ1) is 15.2. The number of fused-ring (bicyclic) bond motifs is 1. The van der Waals surface area contributed by atoms with Crippen LogP contribution < -0.4 is 11.1 Å². The lowest BCUT2D eigenvalue weighted by Crippen LogP contribution is -2.23. The van der Waals surface area contributed by atoms with E-state index in [4.69, 9.17) is 22.1 Å². The zero-order valence-corrected chi connectivity index (χ0v) is 19.0. The topological polar surface area (TPSA) is 129 Å². The molecule has 9 nitrogen and oxygen atoms in total. The molecule has 0 saturated heterocycles. The third kappa shape index (κ3) is 4.23. The van der Waals surface area contributed by atoms with Crippen molar-refractivity contribution in [2.75, 3.05) is 11.9 Å². The van der Waals surface area contributed by atoms with Crippen molar-refractivity contribution in [2.24, 2.45) is 5.73 Å². The number of esters is 1. The number of halogens is 1. The van der Waals surface area contributed by atoms with Gasteiger partial charge in [0.25, 0.3) is 11.8 Å². The molecule has 0 aromatic carbocycles. The van der Waals surface area contributed by atoms with Crippen molar-refractivity contribution in [2.45, 2.75) is 33.1 Å². The summed E-state index contributed by atoms with van der Waals surface area (Å²) in [7, 11) is 0. The van der Waals surface area contributed by atoms with E-state index in [-0.39, 0.29) is 10.7 Å². The lowest BCUT2D eigenvalue weighted by Gasteiger charge is -2.09. The minimum absolute atomic E-state index is 0.0892. The van der Waals surface area contributed by atoms with Crippen molar-refractivity contribution in [3.8, 4) is 5.82 Å². The maximum Gasteiger partial charge on any atom is 0.359 e. The van der Waals surface area contributed by atoms with Gasteiger partial charge in [-0.2, -0.15) is 5.10 Å². The third-order valence-electron chi connectivity index (χ3n) is 5.01. The summed E-state index contributed by atoms with van der Waals surface area (Å²) in [6, 6.07) is 5.02. The molecule has 0 radical (unpaired) electrons. The van der Waals surface area contributed by atoms with Gasteiger partial charge >= 0.3 is 5.97 Å². The Labute approximate surface area is 192 Å². The number of primary amides is 1. The van der Waals surface area contributed by atoms with Gasteiger partial charge in [0.1, 0.15) is 5.00 Å². The van der Waals surface area contributed by atoms with Crippen LogP contribution in [-0.2, 0) is 22.4 Å². The number of aromatic nitrogens is 3. The van der Waals surface area contributed by atoms with Crippen LogP contribution in [0.5, 0.6) is 0 Å². The molecule has 0 fully saturated rings. The minimum Gasteiger partial charge on any atom is -0.451 e. The van der Waals surface area contributed by atoms with Crippen LogP contribution in [0.3, 0.4) is 0 Å². The lowest BCUT2D eigenvalue weighted by molar-refractivity contribution is -0.119. The molecular weight excluding hydrogens is 454 g/mol. The van der Waals surface area contributed by atoms with Gasteiger partial charge in [0.15, 0.2) is 18.1 Å². The molecule has 3 heterocycles. The number of ether oxygens (including phenoxy) is 1. The zero-order chi connectivity index (χ0) is 23.0. The fraction of sp³-hybridized carbons (Fsp3) is 0.286. The Kier molecular flexibility index (Phi) is 5.98. The number of hydrogen-bond acceptors (Lipinski definition) is 7. The predicted octanol–water partition coefficient (Wildman–Crippen LogP) is 2.98. The number of pyridine rings is 1. The fourth-order valence-corrected chi connectivity index (χ4v) is 5.16. The second-order valence-electron chi connectivity index (χ2n) is 7.39. The van der Waals surface area contributed by atoms with Crippen LogP contribution in [0, 0.1) is 13.8 Å². The van der Waals surface area contributed by atoms with E-state index >= 15 is 0 Å². The van der Waals surface area contributed by atoms with Gasteiger partial charge in [-0.15, -0.1) is 11.3 Å². The van der Waals surface area contributed by atoms with Gasteiger partial charge in [-0.05, 0) is 56.9 Å². The number of rotatable bonds is 6. The Hall–Kier alpha value is -3.24. The summed E-state index contributed by atoms with van der Waals surface area (Å²) in [5, 5.41) is 7.43. The summed E-state index contributed by atoms with van der Waals surface area (Å²) in [6.07, 6.45) is 2.56. The number of thiophene rings is 1. The fourth-order valence-electron chi connectivity index (χ4n) is 3.67. The van der Waals surface area contributed by atoms with Gasteiger partial charge in [-0.1, -0.05) is 11.6 Å². The Bertz CT molecular complexity index is 1250. The quantitative estimate of drug-likeness (QED) is 0.529. The first-order valence-corrected chi connectivity index (χ1v) is 11.1. The Morgan fingerprint density at radius 1 is 1.28 bits per heavy atom. The third-order valence-corrected chi connectivity index (χ3v) is 6.52. The summed E-state index contributed by atoms with van der Waals surface area (Å²) in [5.74, 6) is -1.63. The number of amides is 2. The largest absolute Gasteiger partial charge is 0.451 e. The molecule has 0 unspecified atom stereocenters. The molecule has 166 valence electrons. The number of hydrogen-bond donors (Lipinski definition) is 2. The number of aryl methyl sites for hydroxylation is 3. The van der Waals surface area contributed by atoms with E-state index in [2.05, 4.69) is 15.4 Å². The van der Waals surface area contributed by atoms with E-state index in [0.29, 0.717) is 16.4 Å². The molecule has 1 aliphatic rings. The van der Waals surface area contributed by atoms with Crippen LogP contribution in [0.4, 0.5) is 5.00 Å². The average molecular weight is 474 g/mol. The average Bonchev–Trinajstić information content (AvgIpc) is 3.40. The molecule has 4 rings (SSSR count). The summed E-state index contributed by atoms with van der Waals surface area (Å²) in [6.45, 7) is 3.14. The van der Waals surface area contributed by atoms with Gasteiger partial charge in [-0.3, -0.25) is 9.59 Å².